The maximum absolute atomic E-state index is 9.13. The first-order chi connectivity index (χ1) is 8.76. The zero-order valence-electron chi connectivity index (χ0n) is 9.58. The summed E-state index contributed by atoms with van der Waals surface area (Å²) in [6.45, 7) is 0.440. The maximum Gasteiger partial charge on any atom is 0.179 e. The molecule has 92 valence electrons. The molecule has 7 heteroatoms. The number of rotatable bonds is 4. The van der Waals surface area contributed by atoms with E-state index in [1.807, 2.05) is 24.5 Å². The van der Waals surface area contributed by atoms with E-state index in [-0.39, 0.29) is 0 Å². The Balaban J connectivity index is 2.26. The average Bonchev–Trinajstić information content (AvgIpc) is 2.87. The van der Waals surface area contributed by atoms with Crippen molar-refractivity contribution in [2.45, 2.75) is 20.1 Å². The van der Waals surface area contributed by atoms with Gasteiger partial charge in [0.05, 0.1) is 5.56 Å². The van der Waals surface area contributed by atoms with Crippen LogP contribution in [0, 0.1) is 11.3 Å². The molecule has 0 bridgehead atoms. The molecular formula is C11H10N4S3. The minimum atomic E-state index is 0.440. The minimum absolute atomic E-state index is 0.440. The Morgan fingerprint density at radius 3 is 2.78 bits per heavy atom. The van der Waals surface area contributed by atoms with E-state index in [1.54, 1.807) is 11.8 Å². The van der Waals surface area contributed by atoms with Crippen molar-refractivity contribution >= 4 is 34.9 Å². The number of hydrogen-bond acceptors (Lipinski definition) is 7. The Morgan fingerprint density at radius 1 is 1.39 bits per heavy atom. The molecule has 18 heavy (non-hydrogen) atoms. The van der Waals surface area contributed by atoms with Crippen LogP contribution < -0.4 is 5.73 Å². The SMILES string of the molecule is CSc1nnc(Sc2ccc(CN)cc2C#N)s1. The van der Waals surface area contributed by atoms with Crippen molar-refractivity contribution in [1.82, 2.24) is 10.2 Å². The summed E-state index contributed by atoms with van der Waals surface area (Å²) in [5.41, 5.74) is 7.14. The van der Waals surface area contributed by atoms with Gasteiger partial charge < -0.3 is 5.73 Å². The largest absolute Gasteiger partial charge is 0.326 e. The molecule has 0 atom stereocenters. The van der Waals surface area contributed by atoms with Gasteiger partial charge in [0.15, 0.2) is 8.68 Å². The van der Waals surface area contributed by atoms with Gasteiger partial charge >= 0.3 is 0 Å². The van der Waals surface area contributed by atoms with Crippen molar-refractivity contribution in [2.75, 3.05) is 6.26 Å². The molecule has 0 unspecified atom stereocenters. The number of thioether (sulfide) groups is 1. The number of benzene rings is 1. The van der Waals surface area contributed by atoms with Crippen LogP contribution in [0.25, 0.3) is 0 Å². The van der Waals surface area contributed by atoms with Gasteiger partial charge in [-0.1, -0.05) is 40.9 Å². The molecule has 1 heterocycles. The standard InChI is InChI=1S/C11H10N4S3/c1-16-10-14-15-11(18-10)17-9-3-2-7(5-12)4-8(9)6-13/h2-4H,5,12H2,1H3. The number of hydrogen-bond donors (Lipinski definition) is 1. The van der Waals surface area contributed by atoms with E-state index in [1.165, 1.54) is 23.1 Å². The third-order valence-corrected chi connectivity index (χ3v) is 5.19. The van der Waals surface area contributed by atoms with Gasteiger partial charge in [-0.25, -0.2) is 0 Å². The van der Waals surface area contributed by atoms with Crippen LogP contribution in [0.3, 0.4) is 0 Å². The molecule has 2 aromatic rings. The molecule has 0 radical (unpaired) electrons. The molecule has 0 aliphatic heterocycles. The van der Waals surface area contributed by atoms with Gasteiger partial charge in [-0.2, -0.15) is 5.26 Å². The Hall–Kier alpha value is -1.07. The second-order valence-electron chi connectivity index (χ2n) is 3.29. The second-order valence-corrected chi connectivity index (χ2v) is 6.61. The Morgan fingerprint density at radius 2 is 2.17 bits per heavy atom. The maximum atomic E-state index is 9.13. The fourth-order valence-corrected chi connectivity index (χ4v) is 3.75. The van der Waals surface area contributed by atoms with Crippen molar-refractivity contribution in [3.05, 3.63) is 29.3 Å². The molecule has 0 amide bonds. The molecule has 0 saturated carbocycles. The predicted molar refractivity (Wildman–Crippen MR) is 74.9 cm³/mol. The Kier molecular flexibility index (Phi) is 4.60. The van der Waals surface area contributed by atoms with Crippen LogP contribution in [0.2, 0.25) is 0 Å². The topological polar surface area (TPSA) is 75.6 Å². The van der Waals surface area contributed by atoms with Crippen LogP contribution in [0.15, 0.2) is 31.8 Å². The van der Waals surface area contributed by atoms with Gasteiger partial charge in [0.25, 0.3) is 0 Å². The second kappa shape index (κ2) is 6.20. The quantitative estimate of drug-likeness (QED) is 0.874. The predicted octanol–water partition coefficient (Wildman–Crippen LogP) is 2.74. The average molecular weight is 294 g/mol. The zero-order valence-corrected chi connectivity index (χ0v) is 12.0. The lowest BCUT2D eigenvalue weighted by atomic mass is 10.1. The summed E-state index contributed by atoms with van der Waals surface area (Å²) >= 11 is 4.56. The highest BCUT2D eigenvalue weighted by Crippen LogP contribution is 2.34. The number of nitrogens with zero attached hydrogens (tertiary/aromatic N) is 3. The highest BCUT2D eigenvalue weighted by atomic mass is 32.2. The third kappa shape index (κ3) is 3.03. The van der Waals surface area contributed by atoms with Crippen LogP contribution in [-0.4, -0.2) is 16.5 Å². The van der Waals surface area contributed by atoms with Gasteiger partial charge in [0.1, 0.15) is 6.07 Å². The lowest BCUT2D eigenvalue weighted by Crippen LogP contribution is -1.96. The first-order valence-corrected chi connectivity index (χ1v) is 7.91. The summed E-state index contributed by atoms with van der Waals surface area (Å²) in [4.78, 5) is 0.888. The molecule has 4 nitrogen and oxygen atoms in total. The zero-order chi connectivity index (χ0) is 13.0. The summed E-state index contributed by atoms with van der Waals surface area (Å²) in [6, 6.07) is 7.84. The lowest BCUT2D eigenvalue weighted by Gasteiger charge is -2.03. The Labute approximate surface area is 118 Å². The van der Waals surface area contributed by atoms with Gasteiger partial charge in [-0.3, -0.25) is 0 Å². The summed E-state index contributed by atoms with van der Waals surface area (Å²) in [5.74, 6) is 0. The van der Waals surface area contributed by atoms with Crippen molar-refractivity contribution < 1.29 is 0 Å². The number of nitriles is 1. The minimum Gasteiger partial charge on any atom is -0.326 e. The summed E-state index contributed by atoms with van der Waals surface area (Å²) in [5, 5.41) is 17.2. The number of nitrogens with two attached hydrogens (primary N) is 1. The van der Waals surface area contributed by atoms with E-state index in [4.69, 9.17) is 11.0 Å². The Bertz CT molecular complexity index is 588. The van der Waals surface area contributed by atoms with Gasteiger partial charge in [-0.15, -0.1) is 10.2 Å². The van der Waals surface area contributed by atoms with Crippen molar-refractivity contribution in [1.29, 1.82) is 5.26 Å². The number of aromatic nitrogens is 2. The summed E-state index contributed by atoms with van der Waals surface area (Å²) < 4.78 is 1.77. The summed E-state index contributed by atoms with van der Waals surface area (Å²) in [6.07, 6.45) is 1.96. The molecule has 0 aliphatic carbocycles. The van der Waals surface area contributed by atoms with Crippen LogP contribution in [-0.2, 0) is 6.54 Å². The fourth-order valence-electron chi connectivity index (χ4n) is 1.30. The van der Waals surface area contributed by atoms with Crippen LogP contribution in [0.1, 0.15) is 11.1 Å². The molecule has 1 aromatic carbocycles. The van der Waals surface area contributed by atoms with Crippen molar-refractivity contribution in [2.24, 2.45) is 5.73 Å². The molecule has 0 saturated heterocycles. The normalized spacial score (nSPS) is 10.3. The molecule has 2 rings (SSSR count). The molecule has 2 N–H and O–H groups in total. The van der Waals surface area contributed by atoms with Gasteiger partial charge in [-0.05, 0) is 24.0 Å². The van der Waals surface area contributed by atoms with Crippen LogP contribution >= 0.6 is 34.9 Å². The molecule has 0 aliphatic rings. The molecule has 1 aromatic heterocycles. The lowest BCUT2D eigenvalue weighted by molar-refractivity contribution is 0.955. The van der Waals surface area contributed by atoms with Gasteiger partial charge in [0, 0.05) is 11.4 Å². The van der Waals surface area contributed by atoms with E-state index < -0.39 is 0 Å². The molecule has 0 spiro atoms. The van der Waals surface area contributed by atoms with E-state index in [2.05, 4.69) is 16.3 Å². The highest BCUT2D eigenvalue weighted by Gasteiger charge is 2.09. The van der Waals surface area contributed by atoms with E-state index in [0.717, 1.165) is 19.1 Å². The third-order valence-electron chi connectivity index (χ3n) is 2.16. The summed E-state index contributed by atoms with van der Waals surface area (Å²) in [7, 11) is 0. The molecular weight excluding hydrogens is 284 g/mol. The fraction of sp³-hybridized carbons (Fsp3) is 0.182. The van der Waals surface area contributed by atoms with Crippen LogP contribution in [0.4, 0.5) is 0 Å². The van der Waals surface area contributed by atoms with Crippen molar-refractivity contribution in [3.63, 3.8) is 0 Å². The first-order valence-electron chi connectivity index (χ1n) is 5.05. The smallest absolute Gasteiger partial charge is 0.179 e. The molecule has 0 fully saturated rings. The first kappa shape index (κ1) is 13.4. The monoisotopic (exact) mass is 294 g/mol. The van der Waals surface area contributed by atoms with E-state index in [9.17, 15) is 0 Å². The van der Waals surface area contributed by atoms with Gasteiger partial charge in [0.2, 0.25) is 0 Å². The van der Waals surface area contributed by atoms with Crippen molar-refractivity contribution in [3.8, 4) is 6.07 Å². The van der Waals surface area contributed by atoms with E-state index in [0.29, 0.717) is 12.1 Å². The van der Waals surface area contributed by atoms with Crippen LogP contribution in [0.5, 0.6) is 0 Å². The van der Waals surface area contributed by atoms with E-state index >= 15 is 0 Å². The highest BCUT2D eigenvalue weighted by molar-refractivity contribution is 8.03.